The van der Waals surface area contributed by atoms with Gasteiger partial charge in [0.2, 0.25) is 0 Å². The summed E-state index contributed by atoms with van der Waals surface area (Å²) in [6.45, 7) is 3.15. The molecule has 1 nitrogen and oxygen atoms in total. The van der Waals surface area contributed by atoms with Gasteiger partial charge in [-0.2, -0.15) is 0 Å². The van der Waals surface area contributed by atoms with Crippen LogP contribution in [0.15, 0.2) is 54.6 Å². The van der Waals surface area contributed by atoms with Gasteiger partial charge in [-0.05, 0) is 36.2 Å². The van der Waals surface area contributed by atoms with E-state index in [0.29, 0.717) is 0 Å². The molecule has 0 N–H and O–H groups in total. The molecule has 232 valence electrons. The minimum atomic E-state index is -11.2. The monoisotopic (exact) mass is 798 g/mol. The Kier molecular flexibility index (Phi) is 18.3. The number of alkyl halides is 1. The fraction of sp³-hybridized carbons (Fsp3) is 0.613. The molecule has 2 aromatic rings. The molecule has 0 fully saturated rings. The van der Waals surface area contributed by atoms with E-state index in [1.807, 2.05) is 0 Å². The number of halogens is 7. The first-order chi connectivity index (χ1) is 18.8. The van der Waals surface area contributed by atoms with E-state index in [9.17, 15) is 16.9 Å². The molecular weight excluding hydrogens is 751 g/mol. The molecule has 0 saturated heterocycles. The Hall–Kier alpha value is -0.632. The zero-order valence-corrected chi connectivity index (χ0v) is 28.6. The van der Waals surface area contributed by atoms with Crippen LogP contribution in [-0.4, -0.2) is 26.1 Å². The van der Waals surface area contributed by atoms with E-state index in [0.717, 1.165) is 12.4 Å². The van der Waals surface area contributed by atoms with E-state index in [1.54, 1.807) is 0 Å². The summed E-state index contributed by atoms with van der Waals surface area (Å²) in [6, 6.07) is 19.7. The van der Waals surface area contributed by atoms with Crippen LogP contribution in [0, 0.1) is 3.57 Å². The van der Waals surface area contributed by atoms with E-state index in [1.165, 1.54) is 116 Å². The van der Waals surface area contributed by atoms with Crippen molar-refractivity contribution >= 4 is 19.5 Å². The van der Waals surface area contributed by atoms with Gasteiger partial charge in [-0.15, -0.1) is 0 Å². The van der Waals surface area contributed by atoms with Crippen LogP contribution in [0.4, 0.5) is 16.9 Å². The first-order valence-corrected chi connectivity index (χ1v) is 23.1. The van der Waals surface area contributed by atoms with Gasteiger partial charge in [-0.25, -0.2) is 0 Å². The molecule has 0 aliphatic rings. The van der Waals surface area contributed by atoms with Crippen LogP contribution < -0.4 is 25.9 Å². The molecule has 0 spiro atoms. The summed E-state index contributed by atoms with van der Waals surface area (Å²) in [5.41, 5.74) is 1.45. The van der Waals surface area contributed by atoms with Gasteiger partial charge >= 0.3 is 57.6 Å². The number of hydrogen-bond acceptors (Lipinski definition) is 1. The van der Waals surface area contributed by atoms with Crippen LogP contribution in [0.2, 0.25) is 0 Å². The Labute approximate surface area is 251 Å². The van der Waals surface area contributed by atoms with Crippen LogP contribution >= 0.6 is 0 Å². The van der Waals surface area contributed by atoms with E-state index < -0.39 is 19.5 Å². The topological polar surface area (TPSA) is 9.23 Å². The first-order valence-electron chi connectivity index (χ1n) is 14.8. The summed E-state index contributed by atoms with van der Waals surface area (Å²) < 4.78 is 68.2. The van der Waals surface area contributed by atoms with Gasteiger partial charge in [0.15, 0.2) is 8.00 Å². The van der Waals surface area contributed by atoms with Crippen LogP contribution in [0.1, 0.15) is 115 Å². The molecule has 0 aliphatic heterocycles. The molecular formula is C31H48F6IOSb. The zero-order valence-electron chi connectivity index (χ0n) is 23.9. The predicted octanol–water partition coefficient (Wildman–Crippen LogP) is 8.93. The normalized spacial score (nSPS) is 13.2. The summed E-state index contributed by atoms with van der Waals surface area (Å²) in [7, 11) is 0. The van der Waals surface area contributed by atoms with Crippen molar-refractivity contribution in [3.8, 4) is 5.75 Å². The van der Waals surface area contributed by atoms with Gasteiger partial charge in [-0.1, -0.05) is 134 Å². The standard InChI is InChI=1S/C31H48IO.6FH.Sb/c1-2-3-4-5-6-7-8-9-10-11-12-13-14-15-16-20-27-33-31-25-23-30(24-26-31)32-28-29-21-18-17-19-22-29;;;;;;;/h17-19,21-26H,2-16,20,27-28H2,1H3;6*1H;/q+1;;;;;;;+5/p-6. The molecule has 0 radical (unpaired) electrons. The van der Waals surface area contributed by atoms with Crippen molar-refractivity contribution in [1.82, 2.24) is 0 Å². The van der Waals surface area contributed by atoms with Crippen LogP contribution in [-0.2, 0) is 4.43 Å². The average molecular weight is 799 g/mol. The van der Waals surface area contributed by atoms with Gasteiger partial charge in [0.05, 0.1) is 6.61 Å². The molecule has 9 heteroatoms. The molecule has 0 heterocycles. The maximum absolute atomic E-state index is 11.2. The van der Waals surface area contributed by atoms with Crippen molar-refractivity contribution in [2.45, 2.75) is 114 Å². The van der Waals surface area contributed by atoms with Crippen molar-refractivity contribution in [2.75, 3.05) is 6.61 Å². The minimum absolute atomic E-state index is 0.0432. The van der Waals surface area contributed by atoms with Gasteiger partial charge in [0, 0.05) is 0 Å². The third-order valence-electron chi connectivity index (χ3n) is 6.30. The number of hydrogen-bond donors (Lipinski definition) is 0. The predicted molar refractivity (Wildman–Crippen MR) is 153 cm³/mol. The van der Waals surface area contributed by atoms with E-state index in [-0.39, 0.29) is 21.2 Å². The Morgan fingerprint density at radius 3 is 1.38 bits per heavy atom. The van der Waals surface area contributed by atoms with E-state index >= 15 is 0 Å². The molecule has 2 aromatic carbocycles. The van der Waals surface area contributed by atoms with Gasteiger partial charge < -0.3 is 4.74 Å². The Balaban J connectivity index is 0.00000101. The van der Waals surface area contributed by atoms with Crippen molar-refractivity contribution in [1.29, 1.82) is 0 Å². The van der Waals surface area contributed by atoms with Gasteiger partial charge in [0.1, 0.15) is 5.75 Å². The molecule has 0 bridgehead atoms. The number of ether oxygens (including phenoxy) is 1. The van der Waals surface area contributed by atoms with Crippen LogP contribution in [0.3, 0.4) is 0 Å². The Bertz CT molecular complexity index is 865. The number of rotatable bonds is 21. The fourth-order valence-electron chi connectivity index (χ4n) is 4.18. The number of benzene rings is 2. The Morgan fingerprint density at radius 2 is 0.950 bits per heavy atom. The molecule has 0 amide bonds. The van der Waals surface area contributed by atoms with Crippen molar-refractivity contribution in [3.05, 3.63) is 63.7 Å². The average Bonchev–Trinajstić information content (AvgIpc) is 2.89. The molecule has 0 aliphatic carbocycles. The Morgan fingerprint density at radius 1 is 0.550 bits per heavy atom. The third kappa shape index (κ3) is 28.9. The van der Waals surface area contributed by atoms with E-state index in [4.69, 9.17) is 4.74 Å². The van der Waals surface area contributed by atoms with Gasteiger partial charge in [-0.3, -0.25) is 0 Å². The van der Waals surface area contributed by atoms with Gasteiger partial charge in [0.25, 0.3) is 0 Å². The molecule has 2 rings (SSSR count). The second-order valence-electron chi connectivity index (χ2n) is 10.3. The number of unbranched alkanes of at least 4 members (excludes halogenated alkanes) is 15. The third-order valence-corrected chi connectivity index (χ3v) is 9.16. The summed E-state index contributed by atoms with van der Waals surface area (Å²) >= 11 is -11.2. The second kappa shape index (κ2) is 19.5. The SMILES string of the molecule is CCCCCCCCCCCCCCCCCCOc1ccc([I+]Cc2ccccc2)cc1.[F][Sb-]([F])([F])([F])([F])[F]. The van der Waals surface area contributed by atoms with Crippen molar-refractivity contribution in [3.63, 3.8) is 0 Å². The summed E-state index contributed by atoms with van der Waals surface area (Å²) in [5.74, 6) is 1.03. The first kappa shape index (κ1) is 37.4. The summed E-state index contributed by atoms with van der Waals surface area (Å²) in [6.07, 6.45) is 22.6. The zero-order chi connectivity index (χ0) is 29.6. The molecule has 0 atom stereocenters. The molecule has 0 aromatic heterocycles. The second-order valence-corrected chi connectivity index (χ2v) is 18.6. The van der Waals surface area contributed by atoms with E-state index in [2.05, 4.69) is 61.5 Å². The van der Waals surface area contributed by atoms with Crippen molar-refractivity contribution in [2.24, 2.45) is 0 Å². The molecule has 40 heavy (non-hydrogen) atoms. The molecule has 0 saturated carbocycles. The van der Waals surface area contributed by atoms with Crippen molar-refractivity contribution < 1.29 is 42.8 Å². The maximum atomic E-state index is 9.93. The van der Waals surface area contributed by atoms with Crippen LogP contribution in [0.25, 0.3) is 0 Å². The summed E-state index contributed by atoms with van der Waals surface area (Å²) in [4.78, 5) is 0. The quantitative estimate of drug-likeness (QED) is 0.0403. The fourth-order valence-corrected chi connectivity index (χ4v) is 6.44. The van der Waals surface area contributed by atoms with Crippen LogP contribution in [0.5, 0.6) is 5.75 Å². The molecule has 0 unspecified atom stereocenters. The summed E-state index contributed by atoms with van der Waals surface area (Å²) in [5, 5.41) is 0.